The van der Waals surface area contributed by atoms with Crippen LogP contribution in [0.1, 0.15) is 24.5 Å². The second-order valence-electron chi connectivity index (χ2n) is 4.78. The monoisotopic (exact) mass is 289 g/mol. The van der Waals surface area contributed by atoms with Crippen LogP contribution in [0.25, 0.3) is 0 Å². The third kappa shape index (κ3) is 6.39. The first-order chi connectivity index (χ1) is 9.52. The summed E-state index contributed by atoms with van der Waals surface area (Å²) in [5.74, 6) is -0.244. The van der Waals surface area contributed by atoms with Crippen molar-refractivity contribution in [3.8, 4) is 0 Å². The molecule has 114 valence electrons. The normalized spacial score (nSPS) is 12.9. The van der Waals surface area contributed by atoms with E-state index in [9.17, 15) is 13.2 Å². The molecular weight excluding hydrogens is 267 g/mol. The van der Waals surface area contributed by atoms with Crippen molar-refractivity contribution in [3.63, 3.8) is 0 Å². The molecule has 0 bridgehead atoms. The number of halogens is 3. The average Bonchev–Trinajstić information content (AvgIpc) is 2.37. The number of likely N-dealkylation sites (N-methyl/N-ethyl adjacent to an activating group) is 1. The van der Waals surface area contributed by atoms with E-state index >= 15 is 0 Å². The van der Waals surface area contributed by atoms with Crippen molar-refractivity contribution in [2.45, 2.75) is 39.2 Å². The molecule has 1 aromatic rings. The van der Waals surface area contributed by atoms with Gasteiger partial charge < -0.3 is 10.1 Å². The Morgan fingerprint density at radius 1 is 1.30 bits per heavy atom. The lowest BCUT2D eigenvalue weighted by Gasteiger charge is -2.19. The quantitative estimate of drug-likeness (QED) is 0.704. The van der Waals surface area contributed by atoms with Gasteiger partial charge in [-0.15, -0.1) is 0 Å². The van der Waals surface area contributed by atoms with E-state index in [0.717, 1.165) is 24.1 Å². The van der Waals surface area contributed by atoms with Crippen molar-refractivity contribution in [2.75, 3.05) is 19.8 Å². The van der Waals surface area contributed by atoms with Gasteiger partial charge in [0.15, 0.2) is 0 Å². The van der Waals surface area contributed by atoms with Gasteiger partial charge >= 0.3 is 0 Å². The molecule has 0 amide bonds. The van der Waals surface area contributed by atoms with E-state index in [2.05, 4.69) is 5.32 Å². The van der Waals surface area contributed by atoms with E-state index in [-0.39, 0.29) is 11.9 Å². The molecule has 5 heteroatoms. The minimum Gasteiger partial charge on any atom is -0.375 e. The predicted octanol–water partition coefficient (Wildman–Crippen LogP) is 3.33. The van der Waals surface area contributed by atoms with E-state index in [1.54, 1.807) is 6.07 Å². The Morgan fingerprint density at radius 2 is 2.05 bits per heavy atom. The van der Waals surface area contributed by atoms with E-state index in [1.165, 1.54) is 12.1 Å². The number of benzene rings is 1. The first-order valence-electron chi connectivity index (χ1n) is 6.87. The molecule has 2 nitrogen and oxygen atoms in total. The molecule has 0 heterocycles. The van der Waals surface area contributed by atoms with Gasteiger partial charge in [-0.2, -0.15) is 0 Å². The molecule has 1 rings (SSSR count). The van der Waals surface area contributed by atoms with E-state index < -0.39 is 13.0 Å². The van der Waals surface area contributed by atoms with Gasteiger partial charge in [-0.3, -0.25) is 0 Å². The number of aryl methyl sites for hydroxylation is 1. The van der Waals surface area contributed by atoms with Crippen molar-refractivity contribution in [2.24, 2.45) is 0 Å². The zero-order chi connectivity index (χ0) is 15.0. The molecule has 0 aliphatic rings. The number of nitrogens with one attached hydrogen (secondary N) is 1. The summed E-state index contributed by atoms with van der Waals surface area (Å²) in [4.78, 5) is 0. The minimum absolute atomic E-state index is 0.141. The van der Waals surface area contributed by atoms with Crippen molar-refractivity contribution in [1.29, 1.82) is 0 Å². The Balaban J connectivity index is 2.49. The summed E-state index contributed by atoms with van der Waals surface area (Å²) >= 11 is 0. The van der Waals surface area contributed by atoms with Gasteiger partial charge in [-0.1, -0.05) is 13.0 Å². The van der Waals surface area contributed by atoms with Gasteiger partial charge in [0.1, 0.15) is 12.4 Å². The zero-order valence-corrected chi connectivity index (χ0v) is 12.0. The van der Waals surface area contributed by atoms with Crippen LogP contribution in [0.4, 0.5) is 13.2 Å². The Morgan fingerprint density at radius 3 is 2.65 bits per heavy atom. The molecule has 20 heavy (non-hydrogen) atoms. The predicted molar refractivity (Wildman–Crippen MR) is 73.7 cm³/mol. The van der Waals surface area contributed by atoms with Crippen molar-refractivity contribution < 1.29 is 17.9 Å². The number of hydrogen-bond donors (Lipinski definition) is 1. The van der Waals surface area contributed by atoms with Crippen LogP contribution >= 0.6 is 0 Å². The van der Waals surface area contributed by atoms with Gasteiger partial charge in [0.05, 0.1) is 0 Å². The number of alkyl halides is 2. The molecule has 0 radical (unpaired) electrons. The van der Waals surface area contributed by atoms with Gasteiger partial charge in [0.25, 0.3) is 6.43 Å². The van der Waals surface area contributed by atoms with Crippen molar-refractivity contribution in [3.05, 3.63) is 35.1 Å². The second kappa shape index (κ2) is 8.97. The van der Waals surface area contributed by atoms with E-state index in [1.807, 2.05) is 13.8 Å². The fraction of sp³-hybridized carbons (Fsp3) is 0.600. The van der Waals surface area contributed by atoms with Gasteiger partial charge in [-0.05, 0) is 49.6 Å². The highest BCUT2D eigenvalue weighted by Crippen LogP contribution is 2.13. The fourth-order valence-corrected chi connectivity index (χ4v) is 2.12. The number of hydrogen-bond acceptors (Lipinski definition) is 2. The Hall–Kier alpha value is -1.07. The van der Waals surface area contributed by atoms with Crippen LogP contribution in [0.15, 0.2) is 18.2 Å². The number of rotatable bonds is 9. The van der Waals surface area contributed by atoms with Crippen LogP contribution in [-0.2, 0) is 11.2 Å². The third-order valence-electron chi connectivity index (χ3n) is 3.12. The van der Waals surface area contributed by atoms with Crippen LogP contribution in [0.3, 0.4) is 0 Å². The molecule has 0 saturated carbocycles. The second-order valence-corrected chi connectivity index (χ2v) is 4.78. The van der Waals surface area contributed by atoms with Crippen molar-refractivity contribution in [1.82, 2.24) is 5.32 Å². The summed E-state index contributed by atoms with van der Waals surface area (Å²) in [6.07, 6.45) is -1.04. The molecule has 0 spiro atoms. The molecule has 0 saturated heterocycles. The van der Waals surface area contributed by atoms with Crippen LogP contribution < -0.4 is 5.32 Å². The lowest BCUT2D eigenvalue weighted by molar-refractivity contribution is 0.0144. The molecule has 0 fully saturated rings. The standard InChI is InChI=1S/C15H22F3NO/c1-3-19-14(6-7-20-10-15(17)18)9-12-4-5-13(16)8-11(12)2/h4-5,8,14-15,19H,3,6-7,9-10H2,1-2H3. The topological polar surface area (TPSA) is 21.3 Å². The van der Waals surface area contributed by atoms with E-state index in [0.29, 0.717) is 13.0 Å². The minimum atomic E-state index is -2.42. The molecular formula is C15H22F3NO. The van der Waals surface area contributed by atoms with Gasteiger partial charge in [-0.25, -0.2) is 13.2 Å². The van der Waals surface area contributed by atoms with Crippen molar-refractivity contribution >= 4 is 0 Å². The highest BCUT2D eigenvalue weighted by molar-refractivity contribution is 5.27. The maximum Gasteiger partial charge on any atom is 0.261 e. The average molecular weight is 289 g/mol. The lowest BCUT2D eigenvalue weighted by atomic mass is 9.99. The van der Waals surface area contributed by atoms with Gasteiger partial charge in [0, 0.05) is 12.6 Å². The maximum absolute atomic E-state index is 13.1. The molecule has 1 atom stereocenters. The fourth-order valence-electron chi connectivity index (χ4n) is 2.12. The van der Waals surface area contributed by atoms with Crippen LogP contribution in [0.5, 0.6) is 0 Å². The summed E-state index contributed by atoms with van der Waals surface area (Å²) in [6, 6.07) is 4.86. The summed E-state index contributed by atoms with van der Waals surface area (Å²) in [6.45, 7) is 4.43. The van der Waals surface area contributed by atoms with Crippen LogP contribution in [-0.4, -0.2) is 32.2 Å². The zero-order valence-electron chi connectivity index (χ0n) is 12.0. The summed E-state index contributed by atoms with van der Waals surface area (Å²) in [5.41, 5.74) is 1.97. The summed E-state index contributed by atoms with van der Waals surface area (Å²) in [7, 11) is 0. The van der Waals surface area contributed by atoms with E-state index in [4.69, 9.17) is 4.74 Å². The van der Waals surface area contributed by atoms with Gasteiger partial charge in [0.2, 0.25) is 0 Å². The molecule has 1 unspecified atom stereocenters. The smallest absolute Gasteiger partial charge is 0.261 e. The Bertz CT molecular complexity index is 399. The first kappa shape index (κ1) is 17.0. The molecule has 0 aliphatic carbocycles. The Kier molecular flexibility index (Phi) is 7.62. The SMILES string of the molecule is CCNC(CCOCC(F)F)Cc1ccc(F)cc1C. The number of ether oxygens (including phenoxy) is 1. The maximum atomic E-state index is 13.1. The summed E-state index contributed by atoms with van der Waals surface area (Å²) in [5, 5.41) is 3.30. The lowest BCUT2D eigenvalue weighted by Crippen LogP contribution is -2.32. The summed E-state index contributed by atoms with van der Waals surface area (Å²) < 4.78 is 41.9. The van der Waals surface area contributed by atoms with Crippen LogP contribution in [0, 0.1) is 12.7 Å². The molecule has 1 N–H and O–H groups in total. The Labute approximate surface area is 118 Å². The largest absolute Gasteiger partial charge is 0.375 e. The third-order valence-corrected chi connectivity index (χ3v) is 3.12. The molecule has 0 aliphatic heterocycles. The first-order valence-corrected chi connectivity index (χ1v) is 6.87. The highest BCUT2D eigenvalue weighted by atomic mass is 19.3. The highest BCUT2D eigenvalue weighted by Gasteiger charge is 2.11. The van der Waals surface area contributed by atoms with Crippen LogP contribution in [0.2, 0.25) is 0 Å². The molecule has 0 aromatic heterocycles. The molecule has 1 aromatic carbocycles.